The zero-order valence-electron chi connectivity index (χ0n) is 12.0. The summed E-state index contributed by atoms with van der Waals surface area (Å²) in [4.78, 5) is 12.3. The van der Waals surface area contributed by atoms with Crippen LogP contribution in [0.4, 0.5) is 5.69 Å². The number of carbonyl (C=O) groups is 1. The minimum Gasteiger partial charge on any atom is -0.322 e. The highest BCUT2D eigenvalue weighted by Crippen LogP contribution is 2.15. The molecule has 0 saturated heterocycles. The van der Waals surface area contributed by atoms with E-state index in [2.05, 4.69) is 33.0 Å². The van der Waals surface area contributed by atoms with Gasteiger partial charge in [0.15, 0.2) is 0 Å². The first-order valence-electron chi connectivity index (χ1n) is 6.81. The van der Waals surface area contributed by atoms with Crippen molar-refractivity contribution in [2.75, 3.05) is 5.32 Å². The van der Waals surface area contributed by atoms with Crippen LogP contribution in [0.3, 0.4) is 0 Å². The van der Waals surface area contributed by atoms with Crippen LogP contribution >= 0.6 is 22.6 Å². The minimum absolute atomic E-state index is 0.120. The maximum absolute atomic E-state index is 12.3. The van der Waals surface area contributed by atoms with Crippen molar-refractivity contribution in [2.45, 2.75) is 6.92 Å². The largest absolute Gasteiger partial charge is 0.322 e. The maximum Gasteiger partial charge on any atom is 0.255 e. The van der Waals surface area contributed by atoms with E-state index in [0.717, 1.165) is 20.6 Å². The monoisotopic (exact) mass is 403 g/mol. The average molecular weight is 403 g/mol. The molecule has 0 aliphatic heterocycles. The van der Waals surface area contributed by atoms with Crippen LogP contribution in [0.1, 0.15) is 16.1 Å². The Bertz CT molecular complexity index is 809. The molecule has 0 atom stereocenters. The molecule has 0 bridgehead atoms. The SMILES string of the molecule is Cc1ccnn1-c1ccc(C(=O)Nc2cccc(I)c2)cc1. The number of amides is 1. The number of halogens is 1. The van der Waals surface area contributed by atoms with Gasteiger partial charge in [0.2, 0.25) is 0 Å². The van der Waals surface area contributed by atoms with E-state index in [1.165, 1.54) is 0 Å². The third-order valence-corrected chi connectivity index (χ3v) is 3.96. The fourth-order valence-electron chi connectivity index (χ4n) is 2.16. The van der Waals surface area contributed by atoms with Gasteiger partial charge in [-0.1, -0.05) is 6.07 Å². The normalized spacial score (nSPS) is 10.5. The number of anilines is 1. The van der Waals surface area contributed by atoms with Crippen LogP contribution < -0.4 is 5.32 Å². The summed E-state index contributed by atoms with van der Waals surface area (Å²) in [5.41, 5.74) is 3.40. The van der Waals surface area contributed by atoms with Crippen molar-refractivity contribution in [3.05, 3.63) is 75.6 Å². The highest BCUT2D eigenvalue weighted by molar-refractivity contribution is 14.1. The van der Waals surface area contributed by atoms with Crippen LogP contribution in [-0.4, -0.2) is 15.7 Å². The molecule has 1 N–H and O–H groups in total. The van der Waals surface area contributed by atoms with E-state index < -0.39 is 0 Å². The molecule has 3 aromatic rings. The van der Waals surface area contributed by atoms with E-state index in [1.54, 1.807) is 18.3 Å². The number of nitrogens with one attached hydrogen (secondary N) is 1. The number of carbonyl (C=O) groups excluding carboxylic acids is 1. The highest BCUT2D eigenvalue weighted by atomic mass is 127. The number of aryl methyl sites for hydroxylation is 1. The van der Waals surface area contributed by atoms with Crippen molar-refractivity contribution in [1.29, 1.82) is 0 Å². The van der Waals surface area contributed by atoms with Gasteiger partial charge in [-0.15, -0.1) is 0 Å². The fourth-order valence-corrected chi connectivity index (χ4v) is 2.71. The Morgan fingerprint density at radius 2 is 1.91 bits per heavy atom. The van der Waals surface area contributed by atoms with Gasteiger partial charge in [-0.3, -0.25) is 4.79 Å². The smallest absolute Gasteiger partial charge is 0.255 e. The first kappa shape index (κ1) is 14.8. The number of rotatable bonds is 3. The summed E-state index contributed by atoms with van der Waals surface area (Å²) in [6.07, 6.45) is 1.76. The lowest BCUT2D eigenvalue weighted by Crippen LogP contribution is -2.12. The third-order valence-electron chi connectivity index (χ3n) is 3.29. The molecule has 0 spiro atoms. The molecule has 22 heavy (non-hydrogen) atoms. The summed E-state index contributed by atoms with van der Waals surface area (Å²) >= 11 is 2.22. The Morgan fingerprint density at radius 3 is 2.55 bits per heavy atom. The molecule has 2 aromatic carbocycles. The summed E-state index contributed by atoms with van der Waals surface area (Å²) < 4.78 is 2.92. The van der Waals surface area contributed by atoms with Gasteiger partial charge in [-0.05, 0) is 78.0 Å². The zero-order chi connectivity index (χ0) is 15.5. The Labute approximate surface area is 142 Å². The van der Waals surface area contributed by atoms with E-state index >= 15 is 0 Å². The molecule has 3 rings (SSSR count). The molecular formula is C17H14IN3O. The second-order valence-corrected chi connectivity index (χ2v) is 6.14. The van der Waals surface area contributed by atoms with Crippen molar-refractivity contribution < 1.29 is 4.79 Å². The highest BCUT2D eigenvalue weighted by Gasteiger charge is 2.07. The molecule has 5 heteroatoms. The van der Waals surface area contributed by atoms with E-state index in [4.69, 9.17) is 0 Å². The second kappa shape index (κ2) is 6.31. The molecule has 0 radical (unpaired) electrons. The molecule has 0 saturated carbocycles. The van der Waals surface area contributed by atoms with Crippen molar-refractivity contribution in [1.82, 2.24) is 9.78 Å². The van der Waals surface area contributed by atoms with Crippen molar-refractivity contribution in [3.8, 4) is 5.69 Å². The lowest BCUT2D eigenvalue weighted by molar-refractivity contribution is 0.102. The summed E-state index contributed by atoms with van der Waals surface area (Å²) in [6.45, 7) is 1.99. The van der Waals surface area contributed by atoms with Gasteiger partial charge in [0.1, 0.15) is 0 Å². The minimum atomic E-state index is -0.120. The van der Waals surface area contributed by atoms with Crippen LogP contribution in [0, 0.1) is 10.5 Å². The van der Waals surface area contributed by atoms with Gasteiger partial charge in [0.05, 0.1) is 5.69 Å². The molecule has 0 aliphatic carbocycles. The average Bonchev–Trinajstić information content (AvgIpc) is 2.93. The molecule has 0 unspecified atom stereocenters. The third kappa shape index (κ3) is 3.19. The van der Waals surface area contributed by atoms with Crippen LogP contribution in [0.15, 0.2) is 60.8 Å². The van der Waals surface area contributed by atoms with Gasteiger partial charge in [0, 0.05) is 26.7 Å². The summed E-state index contributed by atoms with van der Waals surface area (Å²) in [5.74, 6) is -0.120. The summed E-state index contributed by atoms with van der Waals surface area (Å²) in [6, 6.07) is 17.0. The first-order chi connectivity index (χ1) is 10.6. The fraction of sp³-hybridized carbons (Fsp3) is 0.0588. The Balaban J connectivity index is 1.78. The molecular weight excluding hydrogens is 389 g/mol. The number of hydrogen-bond donors (Lipinski definition) is 1. The van der Waals surface area contributed by atoms with Gasteiger partial charge >= 0.3 is 0 Å². The topological polar surface area (TPSA) is 46.9 Å². The lowest BCUT2D eigenvalue weighted by atomic mass is 10.2. The standard InChI is InChI=1S/C17H14IN3O/c1-12-9-10-19-21(12)16-7-5-13(6-8-16)17(22)20-15-4-2-3-14(18)11-15/h2-11H,1H3,(H,20,22). The van der Waals surface area contributed by atoms with Crippen LogP contribution in [0.5, 0.6) is 0 Å². The molecule has 1 aromatic heterocycles. The van der Waals surface area contributed by atoms with E-state index in [0.29, 0.717) is 5.56 Å². The summed E-state index contributed by atoms with van der Waals surface area (Å²) in [5, 5.41) is 7.15. The first-order valence-corrected chi connectivity index (χ1v) is 7.89. The van der Waals surface area contributed by atoms with Gasteiger partial charge in [-0.2, -0.15) is 5.10 Å². The quantitative estimate of drug-likeness (QED) is 0.672. The Kier molecular flexibility index (Phi) is 4.24. The molecule has 0 fully saturated rings. The molecule has 1 heterocycles. The molecule has 110 valence electrons. The summed E-state index contributed by atoms with van der Waals surface area (Å²) in [7, 11) is 0. The van der Waals surface area contributed by atoms with Crippen molar-refractivity contribution in [3.63, 3.8) is 0 Å². The number of hydrogen-bond acceptors (Lipinski definition) is 2. The second-order valence-electron chi connectivity index (χ2n) is 4.90. The Morgan fingerprint density at radius 1 is 1.14 bits per heavy atom. The van der Waals surface area contributed by atoms with Crippen LogP contribution in [0.25, 0.3) is 5.69 Å². The van der Waals surface area contributed by atoms with Gasteiger partial charge in [0.25, 0.3) is 5.91 Å². The van der Waals surface area contributed by atoms with E-state index in [-0.39, 0.29) is 5.91 Å². The number of aromatic nitrogens is 2. The predicted octanol–water partition coefficient (Wildman–Crippen LogP) is 4.04. The van der Waals surface area contributed by atoms with Crippen molar-refractivity contribution in [2.24, 2.45) is 0 Å². The number of benzene rings is 2. The predicted molar refractivity (Wildman–Crippen MR) is 95.4 cm³/mol. The van der Waals surface area contributed by atoms with Crippen LogP contribution in [-0.2, 0) is 0 Å². The van der Waals surface area contributed by atoms with E-state index in [1.807, 2.05) is 54.1 Å². The van der Waals surface area contributed by atoms with Gasteiger partial charge < -0.3 is 5.32 Å². The molecule has 1 amide bonds. The van der Waals surface area contributed by atoms with Crippen LogP contribution in [0.2, 0.25) is 0 Å². The van der Waals surface area contributed by atoms with E-state index in [9.17, 15) is 4.79 Å². The molecule has 0 aliphatic rings. The maximum atomic E-state index is 12.3. The zero-order valence-corrected chi connectivity index (χ0v) is 14.1. The van der Waals surface area contributed by atoms with Crippen molar-refractivity contribution >= 4 is 34.2 Å². The Hall–Kier alpha value is -2.15. The lowest BCUT2D eigenvalue weighted by Gasteiger charge is -2.08. The van der Waals surface area contributed by atoms with Gasteiger partial charge in [-0.25, -0.2) is 4.68 Å². The molecule has 4 nitrogen and oxygen atoms in total. The number of nitrogens with zero attached hydrogens (tertiary/aromatic N) is 2.